The number of hydrogen-bond donors (Lipinski definition) is 0. The van der Waals surface area contributed by atoms with E-state index >= 15 is 0 Å². The van der Waals surface area contributed by atoms with Crippen LogP contribution in [0.25, 0.3) is 5.69 Å². The Morgan fingerprint density at radius 1 is 1.06 bits per heavy atom. The molecule has 0 spiro atoms. The number of benzene rings is 1. The summed E-state index contributed by atoms with van der Waals surface area (Å²) in [4.78, 5) is 0. The molecular formula is C13H16N2O. The van der Waals surface area contributed by atoms with Gasteiger partial charge in [-0.3, -0.25) is 0 Å². The van der Waals surface area contributed by atoms with Crippen LogP contribution in [0.2, 0.25) is 0 Å². The van der Waals surface area contributed by atoms with Crippen LogP contribution in [0.15, 0.2) is 24.3 Å². The van der Waals surface area contributed by atoms with E-state index in [9.17, 15) is 0 Å². The molecule has 0 radical (unpaired) electrons. The Hall–Kier alpha value is -1.77. The number of methoxy groups -OCH3 is 1. The number of aryl methyl sites for hydroxylation is 1. The molecule has 3 nitrogen and oxygen atoms in total. The zero-order valence-corrected chi connectivity index (χ0v) is 10.1. The lowest BCUT2D eigenvalue weighted by atomic mass is 10.2. The molecule has 0 bridgehead atoms. The van der Waals surface area contributed by atoms with Gasteiger partial charge in [0.25, 0.3) is 0 Å². The molecule has 0 saturated carbocycles. The highest BCUT2D eigenvalue weighted by molar-refractivity contribution is 5.40. The molecule has 1 heterocycles. The van der Waals surface area contributed by atoms with Gasteiger partial charge in [-0.15, -0.1) is 0 Å². The van der Waals surface area contributed by atoms with E-state index in [4.69, 9.17) is 4.74 Å². The van der Waals surface area contributed by atoms with E-state index in [0.29, 0.717) is 0 Å². The van der Waals surface area contributed by atoms with Crippen molar-refractivity contribution in [2.45, 2.75) is 20.8 Å². The highest BCUT2D eigenvalue weighted by atomic mass is 16.5. The van der Waals surface area contributed by atoms with E-state index in [0.717, 1.165) is 17.1 Å². The summed E-state index contributed by atoms with van der Waals surface area (Å²) in [7, 11) is 1.67. The molecule has 1 aromatic heterocycles. The van der Waals surface area contributed by atoms with Crippen LogP contribution < -0.4 is 4.74 Å². The number of rotatable bonds is 2. The van der Waals surface area contributed by atoms with Gasteiger partial charge < -0.3 is 4.74 Å². The number of hydrogen-bond acceptors (Lipinski definition) is 2. The molecule has 0 N–H and O–H groups in total. The van der Waals surface area contributed by atoms with Crippen molar-refractivity contribution in [1.29, 1.82) is 0 Å². The van der Waals surface area contributed by atoms with Gasteiger partial charge in [0.05, 0.1) is 18.5 Å². The van der Waals surface area contributed by atoms with E-state index in [1.165, 1.54) is 11.3 Å². The molecule has 0 atom stereocenters. The summed E-state index contributed by atoms with van der Waals surface area (Å²) in [6.07, 6.45) is 0. The second-order valence-electron chi connectivity index (χ2n) is 3.91. The van der Waals surface area contributed by atoms with E-state index in [1.807, 2.05) is 35.9 Å². The number of nitrogens with zero attached hydrogens (tertiary/aromatic N) is 2. The van der Waals surface area contributed by atoms with Gasteiger partial charge in [0, 0.05) is 5.69 Å². The number of ether oxygens (including phenoxy) is 1. The summed E-state index contributed by atoms with van der Waals surface area (Å²) < 4.78 is 7.10. The molecule has 0 unspecified atom stereocenters. The third-order valence-electron chi connectivity index (χ3n) is 2.97. The fraction of sp³-hybridized carbons (Fsp3) is 0.308. The summed E-state index contributed by atoms with van der Waals surface area (Å²) in [6.45, 7) is 6.21. The Bertz CT molecular complexity index is 497. The molecule has 0 aliphatic carbocycles. The molecule has 0 aliphatic heterocycles. The molecule has 3 heteroatoms. The van der Waals surface area contributed by atoms with Crippen molar-refractivity contribution in [3.05, 3.63) is 41.2 Å². The Morgan fingerprint density at radius 2 is 1.69 bits per heavy atom. The highest BCUT2D eigenvalue weighted by Crippen LogP contribution is 2.19. The Morgan fingerprint density at radius 3 is 2.12 bits per heavy atom. The average Bonchev–Trinajstić information content (AvgIpc) is 2.57. The second kappa shape index (κ2) is 4.00. The molecule has 2 rings (SSSR count). The first kappa shape index (κ1) is 10.7. The molecule has 0 saturated heterocycles. The normalized spacial score (nSPS) is 10.5. The molecule has 84 valence electrons. The predicted octanol–water partition coefficient (Wildman–Crippen LogP) is 2.81. The third kappa shape index (κ3) is 1.69. The standard InChI is InChI=1S/C13H16N2O/c1-9-10(2)14-15(11(9)3)12-5-7-13(16-4)8-6-12/h5-8H,1-4H3. The number of aromatic nitrogens is 2. The molecule has 0 fully saturated rings. The van der Waals surface area contributed by atoms with Crippen LogP contribution in [0.1, 0.15) is 17.0 Å². The lowest BCUT2D eigenvalue weighted by molar-refractivity contribution is 0.414. The summed E-state index contributed by atoms with van der Waals surface area (Å²) in [6, 6.07) is 7.91. The average molecular weight is 216 g/mol. The van der Waals surface area contributed by atoms with Crippen LogP contribution in [0.3, 0.4) is 0 Å². The smallest absolute Gasteiger partial charge is 0.119 e. The Kier molecular flexibility index (Phi) is 2.69. The minimum absolute atomic E-state index is 0.863. The van der Waals surface area contributed by atoms with Crippen molar-refractivity contribution in [2.24, 2.45) is 0 Å². The van der Waals surface area contributed by atoms with Crippen LogP contribution in [0, 0.1) is 20.8 Å². The maximum absolute atomic E-state index is 5.13. The minimum Gasteiger partial charge on any atom is -0.497 e. The zero-order valence-electron chi connectivity index (χ0n) is 10.1. The Balaban J connectivity index is 2.46. The second-order valence-corrected chi connectivity index (χ2v) is 3.91. The Labute approximate surface area is 95.7 Å². The van der Waals surface area contributed by atoms with Crippen molar-refractivity contribution < 1.29 is 4.74 Å². The zero-order chi connectivity index (χ0) is 11.7. The van der Waals surface area contributed by atoms with Crippen LogP contribution >= 0.6 is 0 Å². The van der Waals surface area contributed by atoms with Gasteiger partial charge in [-0.1, -0.05) is 0 Å². The van der Waals surface area contributed by atoms with Crippen molar-refractivity contribution in [3.63, 3.8) is 0 Å². The summed E-state index contributed by atoms with van der Waals surface area (Å²) in [5, 5.41) is 4.51. The molecule has 0 aliphatic rings. The highest BCUT2D eigenvalue weighted by Gasteiger charge is 2.08. The minimum atomic E-state index is 0.863. The van der Waals surface area contributed by atoms with Crippen LogP contribution in [-0.4, -0.2) is 16.9 Å². The fourth-order valence-electron chi connectivity index (χ4n) is 1.70. The van der Waals surface area contributed by atoms with E-state index < -0.39 is 0 Å². The third-order valence-corrected chi connectivity index (χ3v) is 2.97. The maximum atomic E-state index is 5.13. The van der Waals surface area contributed by atoms with Crippen LogP contribution in [0.5, 0.6) is 5.75 Å². The first-order valence-corrected chi connectivity index (χ1v) is 5.30. The van der Waals surface area contributed by atoms with Crippen molar-refractivity contribution in [1.82, 2.24) is 9.78 Å². The van der Waals surface area contributed by atoms with Crippen molar-refractivity contribution in [2.75, 3.05) is 7.11 Å². The van der Waals surface area contributed by atoms with Crippen molar-refractivity contribution in [3.8, 4) is 11.4 Å². The first-order valence-electron chi connectivity index (χ1n) is 5.30. The van der Waals surface area contributed by atoms with Gasteiger partial charge in [-0.2, -0.15) is 5.10 Å². The van der Waals surface area contributed by atoms with Gasteiger partial charge in [0.1, 0.15) is 5.75 Å². The van der Waals surface area contributed by atoms with E-state index in [2.05, 4.69) is 18.9 Å². The van der Waals surface area contributed by atoms with Gasteiger partial charge in [0.2, 0.25) is 0 Å². The van der Waals surface area contributed by atoms with Gasteiger partial charge in [-0.25, -0.2) is 4.68 Å². The molecule has 16 heavy (non-hydrogen) atoms. The molecular weight excluding hydrogens is 200 g/mol. The topological polar surface area (TPSA) is 27.1 Å². The predicted molar refractivity (Wildman–Crippen MR) is 64.3 cm³/mol. The van der Waals surface area contributed by atoms with Gasteiger partial charge >= 0.3 is 0 Å². The monoisotopic (exact) mass is 216 g/mol. The van der Waals surface area contributed by atoms with Crippen molar-refractivity contribution >= 4 is 0 Å². The largest absolute Gasteiger partial charge is 0.497 e. The van der Waals surface area contributed by atoms with Crippen LogP contribution in [-0.2, 0) is 0 Å². The van der Waals surface area contributed by atoms with Crippen LogP contribution in [0.4, 0.5) is 0 Å². The lowest BCUT2D eigenvalue weighted by Crippen LogP contribution is -1.99. The van der Waals surface area contributed by atoms with E-state index in [1.54, 1.807) is 7.11 Å². The fourth-order valence-corrected chi connectivity index (χ4v) is 1.70. The molecule has 0 amide bonds. The molecule has 1 aromatic carbocycles. The first-order chi connectivity index (χ1) is 7.63. The quantitative estimate of drug-likeness (QED) is 0.771. The molecule has 2 aromatic rings. The lowest BCUT2D eigenvalue weighted by Gasteiger charge is -2.05. The van der Waals surface area contributed by atoms with E-state index in [-0.39, 0.29) is 0 Å². The summed E-state index contributed by atoms with van der Waals surface area (Å²) in [5.74, 6) is 0.863. The van der Waals surface area contributed by atoms with Gasteiger partial charge in [0.15, 0.2) is 0 Å². The van der Waals surface area contributed by atoms with Gasteiger partial charge in [-0.05, 0) is 50.6 Å². The maximum Gasteiger partial charge on any atom is 0.119 e. The summed E-state index contributed by atoms with van der Waals surface area (Å²) in [5.41, 5.74) is 4.57. The SMILES string of the molecule is COc1ccc(-n2nc(C)c(C)c2C)cc1. The summed E-state index contributed by atoms with van der Waals surface area (Å²) >= 11 is 0.